The highest BCUT2D eigenvalue weighted by Gasteiger charge is 2.36. The minimum absolute atomic E-state index is 0.101. The fourth-order valence-electron chi connectivity index (χ4n) is 2.52. The molecule has 1 aromatic heterocycles. The van der Waals surface area contributed by atoms with Crippen molar-refractivity contribution in [3.05, 3.63) is 24.2 Å². The van der Waals surface area contributed by atoms with Crippen LogP contribution in [0.5, 0.6) is 0 Å². The Morgan fingerprint density at radius 1 is 1.60 bits per heavy atom. The van der Waals surface area contributed by atoms with Crippen molar-refractivity contribution in [1.82, 2.24) is 9.62 Å². The van der Waals surface area contributed by atoms with Gasteiger partial charge in [0, 0.05) is 19.0 Å². The van der Waals surface area contributed by atoms with Gasteiger partial charge in [-0.2, -0.15) is 4.31 Å². The fraction of sp³-hybridized carbons (Fsp3) is 0.615. The van der Waals surface area contributed by atoms with Crippen molar-refractivity contribution in [1.29, 1.82) is 0 Å². The summed E-state index contributed by atoms with van der Waals surface area (Å²) in [5, 5.41) is 2.86. The van der Waals surface area contributed by atoms with Gasteiger partial charge in [0.1, 0.15) is 11.8 Å². The maximum absolute atomic E-state index is 12.2. The van der Waals surface area contributed by atoms with E-state index in [-0.39, 0.29) is 11.9 Å². The number of hydrogen-bond donors (Lipinski definition) is 1. The monoisotopic (exact) mass is 300 g/mol. The fourth-order valence-corrected chi connectivity index (χ4v) is 3.64. The van der Waals surface area contributed by atoms with Gasteiger partial charge < -0.3 is 9.73 Å². The van der Waals surface area contributed by atoms with Gasteiger partial charge in [-0.1, -0.05) is 0 Å². The number of amides is 1. The number of carbonyl (C=O) groups is 1. The first-order chi connectivity index (χ1) is 9.38. The standard InChI is InChI=1S/C13H20N2O4S/c1-10(9-11-5-4-8-19-11)14-13(16)12-6-3-7-15(12)20(2,17)18/h4-5,8,10,12H,3,6-7,9H2,1-2H3,(H,14,16)/t10-,12+/m1/s1. The number of carbonyl (C=O) groups excluding carboxylic acids is 1. The molecule has 0 spiro atoms. The average Bonchev–Trinajstić information content (AvgIpc) is 2.96. The molecule has 1 fully saturated rings. The Hall–Kier alpha value is -1.34. The van der Waals surface area contributed by atoms with E-state index >= 15 is 0 Å². The lowest BCUT2D eigenvalue weighted by atomic mass is 10.1. The number of nitrogens with zero attached hydrogens (tertiary/aromatic N) is 1. The molecule has 2 atom stereocenters. The first-order valence-electron chi connectivity index (χ1n) is 6.67. The molecule has 2 rings (SSSR count). The Bertz CT molecular complexity index is 553. The van der Waals surface area contributed by atoms with E-state index in [1.54, 1.807) is 12.3 Å². The highest BCUT2D eigenvalue weighted by Crippen LogP contribution is 2.20. The molecule has 1 saturated heterocycles. The molecular weight excluding hydrogens is 280 g/mol. The van der Waals surface area contributed by atoms with Crippen molar-refractivity contribution in [3.63, 3.8) is 0 Å². The molecule has 1 aliphatic rings. The Morgan fingerprint density at radius 2 is 2.35 bits per heavy atom. The molecule has 1 aromatic rings. The first-order valence-corrected chi connectivity index (χ1v) is 8.52. The molecular formula is C13H20N2O4S. The van der Waals surface area contributed by atoms with Crippen molar-refractivity contribution in [3.8, 4) is 0 Å². The second kappa shape index (κ2) is 5.97. The molecule has 6 nitrogen and oxygen atoms in total. The minimum Gasteiger partial charge on any atom is -0.469 e. The molecule has 0 unspecified atom stereocenters. The average molecular weight is 300 g/mol. The Kier molecular flexibility index (Phi) is 4.49. The first kappa shape index (κ1) is 15.1. The molecule has 2 heterocycles. The third-order valence-corrected chi connectivity index (χ3v) is 4.70. The molecule has 20 heavy (non-hydrogen) atoms. The van der Waals surface area contributed by atoms with Gasteiger partial charge in [-0.15, -0.1) is 0 Å². The van der Waals surface area contributed by atoms with Crippen LogP contribution in [-0.4, -0.2) is 43.5 Å². The van der Waals surface area contributed by atoms with E-state index in [1.165, 1.54) is 4.31 Å². The number of sulfonamides is 1. The molecule has 0 aromatic carbocycles. The van der Waals surface area contributed by atoms with Crippen LogP contribution in [0.15, 0.2) is 22.8 Å². The summed E-state index contributed by atoms with van der Waals surface area (Å²) in [6, 6.07) is 2.97. The summed E-state index contributed by atoms with van der Waals surface area (Å²) >= 11 is 0. The van der Waals surface area contributed by atoms with Crippen LogP contribution >= 0.6 is 0 Å². The Balaban J connectivity index is 1.94. The topological polar surface area (TPSA) is 79.6 Å². The molecule has 0 aliphatic carbocycles. The van der Waals surface area contributed by atoms with Crippen LogP contribution in [0.3, 0.4) is 0 Å². The predicted molar refractivity (Wildman–Crippen MR) is 74.6 cm³/mol. The van der Waals surface area contributed by atoms with Gasteiger partial charge in [-0.05, 0) is 31.9 Å². The van der Waals surface area contributed by atoms with Crippen molar-refractivity contribution >= 4 is 15.9 Å². The molecule has 1 amide bonds. The van der Waals surface area contributed by atoms with Crippen molar-refractivity contribution in [2.24, 2.45) is 0 Å². The normalized spacial score (nSPS) is 21.8. The quantitative estimate of drug-likeness (QED) is 0.870. The van der Waals surface area contributed by atoms with Crippen molar-refractivity contribution in [2.45, 2.75) is 38.3 Å². The van der Waals surface area contributed by atoms with Crippen molar-refractivity contribution < 1.29 is 17.6 Å². The second-order valence-electron chi connectivity index (χ2n) is 5.22. The maximum Gasteiger partial charge on any atom is 0.238 e. The van der Waals surface area contributed by atoms with Gasteiger partial charge in [0.15, 0.2) is 0 Å². The van der Waals surface area contributed by atoms with E-state index in [4.69, 9.17) is 4.42 Å². The van der Waals surface area contributed by atoms with E-state index in [2.05, 4.69) is 5.32 Å². The van der Waals surface area contributed by atoms with E-state index < -0.39 is 16.1 Å². The van der Waals surface area contributed by atoms with E-state index in [0.29, 0.717) is 19.4 Å². The summed E-state index contributed by atoms with van der Waals surface area (Å²) in [6.07, 6.45) is 4.62. The summed E-state index contributed by atoms with van der Waals surface area (Å²) in [5.74, 6) is 0.566. The molecule has 0 bridgehead atoms. The molecule has 1 N–H and O–H groups in total. The van der Waals surface area contributed by atoms with Crippen LogP contribution in [-0.2, 0) is 21.2 Å². The number of rotatable bonds is 5. The maximum atomic E-state index is 12.2. The highest BCUT2D eigenvalue weighted by atomic mass is 32.2. The molecule has 0 saturated carbocycles. The minimum atomic E-state index is -3.33. The molecule has 112 valence electrons. The van der Waals surface area contributed by atoms with Crippen LogP contribution in [0.2, 0.25) is 0 Å². The second-order valence-corrected chi connectivity index (χ2v) is 7.16. The molecule has 0 radical (unpaired) electrons. The smallest absolute Gasteiger partial charge is 0.238 e. The number of furan rings is 1. The van der Waals surface area contributed by atoms with Gasteiger partial charge in [0.05, 0.1) is 12.5 Å². The SMILES string of the molecule is C[C@H](Cc1ccco1)NC(=O)[C@@H]1CCCN1S(C)(=O)=O. The summed E-state index contributed by atoms with van der Waals surface area (Å²) in [6.45, 7) is 2.30. The largest absolute Gasteiger partial charge is 0.469 e. The van der Waals surface area contributed by atoms with Crippen molar-refractivity contribution in [2.75, 3.05) is 12.8 Å². The lowest BCUT2D eigenvalue weighted by Gasteiger charge is -2.23. The predicted octanol–water partition coefficient (Wildman–Crippen LogP) is 0.751. The summed E-state index contributed by atoms with van der Waals surface area (Å²) in [4.78, 5) is 12.2. The van der Waals surface area contributed by atoms with Gasteiger partial charge in [-0.25, -0.2) is 8.42 Å². The van der Waals surface area contributed by atoms with E-state index in [1.807, 2.05) is 13.0 Å². The zero-order valence-corrected chi connectivity index (χ0v) is 12.5. The highest BCUT2D eigenvalue weighted by molar-refractivity contribution is 7.88. The number of nitrogens with one attached hydrogen (secondary N) is 1. The van der Waals surface area contributed by atoms with Crippen LogP contribution in [0.25, 0.3) is 0 Å². The molecule has 7 heteroatoms. The summed E-state index contributed by atoms with van der Waals surface area (Å²) in [5.41, 5.74) is 0. The zero-order valence-electron chi connectivity index (χ0n) is 11.7. The van der Waals surface area contributed by atoms with Gasteiger partial charge in [0.2, 0.25) is 15.9 Å². The van der Waals surface area contributed by atoms with Crippen LogP contribution in [0.4, 0.5) is 0 Å². The lowest BCUT2D eigenvalue weighted by Crippen LogP contribution is -2.48. The summed E-state index contributed by atoms with van der Waals surface area (Å²) < 4.78 is 29.8. The third-order valence-electron chi connectivity index (χ3n) is 3.41. The molecule has 1 aliphatic heterocycles. The third kappa shape index (κ3) is 3.61. The van der Waals surface area contributed by atoms with E-state index in [0.717, 1.165) is 18.4 Å². The van der Waals surface area contributed by atoms with Crippen LogP contribution in [0.1, 0.15) is 25.5 Å². The zero-order chi connectivity index (χ0) is 14.8. The van der Waals surface area contributed by atoms with Gasteiger partial charge >= 0.3 is 0 Å². The Labute approximate surface area is 119 Å². The van der Waals surface area contributed by atoms with Crippen LogP contribution < -0.4 is 5.32 Å². The Morgan fingerprint density at radius 3 is 2.95 bits per heavy atom. The lowest BCUT2D eigenvalue weighted by molar-refractivity contribution is -0.124. The van der Waals surface area contributed by atoms with E-state index in [9.17, 15) is 13.2 Å². The van der Waals surface area contributed by atoms with Crippen LogP contribution in [0, 0.1) is 0 Å². The summed E-state index contributed by atoms with van der Waals surface area (Å²) in [7, 11) is -3.33. The van der Waals surface area contributed by atoms with Gasteiger partial charge in [-0.3, -0.25) is 4.79 Å². The number of hydrogen-bond acceptors (Lipinski definition) is 4. The van der Waals surface area contributed by atoms with Gasteiger partial charge in [0.25, 0.3) is 0 Å².